The minimum absolute atomic E-state index is 0.212. The van der Waals surface area contributed by atoms with Gasteiger partial charge in [-0.3, -0.25) is 9.89 Å². The number of fused-ring (bicyclic) bond motifs is 1. The summed E-state index contributed by atoms with van der Waals surface area (Å²) in [6.45, 7) is 0. The number of aromatic amines is 1. The van der Waals surface area contributed by atoms with E-state index in [1.807, 2.05) is 30.3 Å². The van der Waals surface area contributed by atoms with Crippen molar-refractivity contribution in [2.24, 2.45) is 0 Å². The molecule has 2 aromatic carbocycles. The first-order valence-corrected chi connectivity index (χ1v) is 8.63. The van der Waals surface area contributed by atoms with Crippen LogP contribution in [0.1, 0.15) is 0 Å². The summed E-state index contributed by atoms with van der Waals surface area (Å²) < 4.78 is 17.6. The van der Waals surface area contributed by atoms with Crippen LogP contribution in [0.25, 0.3) is 28.0 Å². The Labute approximate surface area is 161 Å². The van der Waals surface area contributed by atoms with Crippen LogP contribution in [0.15, 0.2) is 59.5 Å². The van der Waals surface area contributed by atoms with E-state index in [1.54, 1.807) is 39.7 Å². The first-order valence-electron chi connectivity index (χ1n) is 8.63. The Balaban J connectivity index is 1.94. The van der Waals surface area contributed by atoms with E-state index in [1.165, 1.54) is 10.6 Å². The van der Waals surface area contributed by atoms with Gasteiger partial charge in [-0.1, -0.05) is 30.3 Å². The number of methoxy groups -OCH3 is 3. The molecule has 0 fully saturated rings. The lowest BCUT2D eigenvalue weighted by molar-refractivity contribution is 0.324. The Morgan fingerprint density at radius 3 is 2.18 bits per heavy atom. The molecule has 7 heteroatoms. The van der Waals surface area contributed by atoms with Gasteiger partial charge < -0.3 is 14.2 Å². The van der Waals surface area contributed by atoms with Crippen molar-refractivity contribution in [1.29, 1.82) is 0 Å². The third-order valence-electron chi connectivity index (χ3n) is 4.54. The molecule has 0 aliphatic heterocycles. The molecule has 0 aliphatic rings. The number of benzene rings is 2. The molecule has 0 unspecified atom stereocenters. The van der Waals surface area contributed by atoms with Crippen molar-refractivity contribution in [3.05, 3.63) is 65.1 Å². The number of ether oxygens (including phenoxy) is 3. The number of hydrogen-bond donors (Lipinski definition) is 1. The van der Waals surface area contributed by atoms with Crippen molar-refractivity contribution in [3.63, 3.8) is 0 Å². The summed E-state index contributed by atoms with van der Waals surface area (Å²) in [6.07, 6.45) is 1.78. The highest BCUT2D eigenvalue weighted by Crippen LogP contribution is 2.40. The second kappa shape index (κ2) is 7.11. The van der Waals surface area contributed by atoms with Crippen molar-refractivity contribution in [1.82, 2.24) is 14.6 Å². The standard InChI is InChI=1S/C21H19N3O4/c1-26-17-9-14(10-18(27-2)20(17)28-3)16-11-19(25)24-21(23-16)15(12-22-24)13-7-5-4-6-8-13/h4-12,22H,1-3H3. The van der Waals surface area contributed by atoms with Gasteiger partial charge in [-0.25, -0.2) is 9.50 Å². The van der Waals surface area contributed by atoms with Crippen LogP contribution in [0.4, 0.5) is 0 Å². The van der Waals surface area contributed by atoms with Crippen molar-refractivity contribution in [2.45, 2.75) is 0 Å². The van der Waals surface area contributed by atoms with E-state index in [0.717, 1.165) is 11.1 Å². The molecule has 0 amide bonds. The molecule has 142 valence electrons. The largest absolute Gasteiger partial charge is 0.493 e. The van der Waals surface area contributed by atoms with E-state index in [4.69, 9.17) is 19.2 Å². The van der Waals surface area contributed by atoms with Crippen LogP contribution in [0.3, 0.4) is 0 Å². The number of nitrogens with one attached hydrogen (secondary N) is 1. The Morgan fingerprint density at radius 2 is 1.57 bits per heavy atom. The van der Waals surface area contributed by atoms with Gasteiger partial charge in [-0.15, -0.1) is 0 Å². The second-order valence-electron chi connectivity index (χ2n) is 6.11. The Hall–Kier alpha value is -3.74. The van der Waals surface area contributed by atoms with Gasteiger partial charge in [-0.2, -0.15) is 0 Å². The van der Waals surface area contributed by atoms with Gasteiger partial charge >= 0.3 is 0 Å². The highest BCUT2D eigenvalue weighted by atomic mass is 16.5. The van der Waals surface area contributed by atoms with Gasteiger partial charge in [0.05, 0.1) is 27.0 Å². The molecular formula is C21H19N3O4. The van der Waals surface area contributed by atoms with Crippen LogP contribution in [0, 0.1) is 0 Å². The third kappa shape index (κ3) is 2.87. The van der Waals surface area contributed by atoms with Gasteiger partial charge in [0.2, 0.25) is 5.75 Å². The molecule has 1 N–H and O–H groups in total. The van der Waals surface area contributed by atoms with E-state index in [-0.39, 0.29) is 5.56 Å². The van der Waals surface area contributed by atoms with E-state index in [9.17, 15) is 4.79 Å². The first-order chi connectivity index (χ1) is 13.7. The van der Waals surface area contributed by atoms with Crippen LogP contribution in [-0.2, 0) is 0 Å². The summed E-state index contributed by atoms with van der Waals surface area (Å²) in [5.74, 6) is 1.48. The molecule has 4 rings (SSSR count). The van der Waals surface area contributed by atoms with Crippen LogP contribution in [0.2, 0.25) is 0 Å². The number of nitrogens with zero attached hydrogens (tertiary/aromatic N) is 2. The summed E-state index contributed by atoms with van der Waals surface area (Å²) in [4.78, 5) is 17.4. The Morgan fingerprint density at radius 1 is 0.893 bits per heavy atom. The van der Waals surface area contributed by atoms with Crippen molar-refractivity contribution >= 4 is 5.65 Å². The molecule has 0 radical (unpaired) electrons. The molecule has 0 spiro atoms. The lowest BCUT2D eigenvalue weighted by atomic mass is 10.1. The minimum atomic E-state index is -0.212. The molecule has 4 aromatic rings. The molecule has 0 atom stereocenters. The topological polar surface area (TPSA) is 77.9 Å². The number of H-pyrrole nitrogens is 1. The number of rotatable bonds is 5. The molecule has 0 aliphatic carbocycles. The van der Waals surface area contributed by atoms with E-state index in [0.29, 0.717) is 34.2 Å². The maximum absolute atomic E-state index is 12.7. The highest BCUT2D eigenvalue weighted by Gasteiger charge is 2.17. The lowest BCUT2D eigenvalue weighted by Crippen LogP contribution is -2.14. The predicted octanol–water partition coefficient (Wildman–Crippen LogP) is 3.38. The van der Waals surface area contributed by atoms with Crippen molar-refractivity contribution < 1.29 is 14.2 Å². The Bertz CT molecular complexity index is 1170. The lowest BCUT2D eigenvalue weighted by Gasteiger charge is -2.14. The summed E-state index contributed by atoms with van der Waals surface area (Å²) in [5.41, 5.74) is 3.34. The average Bonchev–Trinajstić information content (AvgIpc) is 3.17. The molecule has 28 heavy (non-hydrogen) atoms. The number of hydrogen-bond acceptors (Lipinski definition) is 5. The quantitative estimate of drug-likeness (QED) is 0.577. The maximum Gasteiger partial charge on any atom is 0.273 e. The van der Waals surface area contributed by atoms with Gasteiger partial charge in [0.25, 0.3) is 5.56 Å². The van der Waals surface area contributed by atoms with Crippen molar-refractivity contribution in [2.75, 3.05) is 21.3 Å². The molecule has 0 bridgehead atoms. The van der Waals surface area contributed by atoms with E-state index >= 15 is 0 Å². The minimum Gasteiger partial charge on any atom is -0.493 e. The summed E-state index contributed by atoms with van der Waals surface area (Å²) in [6, 6.07) is 14.8. The van der Waals surface area contributed by atoms with Crippen LogP contribution >= 0.6 is 0 Å². The smallest absolute Gasteiger partial charge is 0.273 e. The normalized spacial score (nSPS) is 10.8. The fraction of sp³-hybridized carbons (Fsp3) is 0.143. The summed E-state index contributed by atoms with van der Waals surface area (Å²) >= 11 is 0. The van der Waals surface area contributed by atoms with Gasteiger partial charge in [0.1, 0.15) is 0 Å². The summed E-state index contributed by atoms with van der Waals surface area (Å²) in [5, 5.41) is 2.97. The van der Waals surface area contributed by atoms with Gasteiger partial charge in [0.15, 0.2) is 17.1 Å². The maximum atomic E-state index is 12.7. The van der Waals surface area contributed by atoms with E-state index in [2.05, 4.69) is 5.10 Å². The van der Waals surface area contributed by atoms with Crippen LogP contribution < -0.4 is 19.8 Å². The van der Waals surface area contributed by atoms with Crippen LogP contribution in [0.5, 0.6) is 17.2 Å². The molecule has 0 saturated carbocycles. The highest BCUT2D eigenvalue weighted by molar-refractivity contribution is 5.79. The molecule has 2 heterocycles. The van der Waals surface area contributed by atoms with Gasteiger partial charge in [-0.05, 0) is 17.7 Å². The molecule has 7 nitrogen and oxygen atoms in total. The SMILES string of the molecule is COc1cc(-c2cc(=O)n3[nH]cc(-c4ccccc4)c3n2)cc(OC)c1OC. The zero-order valence-electron chi connectivity index (χ0n) is 15.7. The second-order valence-corrected chi connectivity index (χ2v) is 6.11. The third-order valence-corrected chi connectivity index (χ3v) is 4.54. The molecule has 0 saturated heterocycles. The molecule has 2 aromatic heterocycles. The first kappa shape index (κ1) is 17.7. The molecular weight excluding hydrogens is 358 g/mol. The average molecular weight is 377 g/mol. The zero-order chi connectivity index (χ0) is 19.7. The van der Waals surface area contributed by atoms with Crippen LogP contribution in [-0.4, -0.2) is 35.9 Å². The summed E-state index contributed by atoms with van der Waals surface area (Å²) in [7, 11) is 4.64. The zero-order valence-corrected chi connectivity index (χ0v) is 15.7. The number of aromatic nitrogens is 3. The van der Waals surface area contributed by atoms with Crippen molar-refractivity contribution in [3.8, 4) is 39.6 Å². The Kier molecular flexibility index (Phi) is 4.49. The fourth-order valence-electron chi connectivity index (χ4n) is 3.19. The van der Waals surface area contributed by atoms with Gasteiger partial charge in [0, 0.05) is 23.4 Å². The van der Waals surface area contributed by atoms with E-state index < -0.39 is 0 Å². The monoisotopic (exact) mass is 377 g/mol. The predicted molar refractivity (Wildman–Crippen MR) is 106 cm³/mol. The fourth-order valence-corrected chi connectivity index (χ4v) is 3.19.